The van der Waals surface area contributed by atoms with Crippen LogP contribution in [0.25, 0.3) is 0 Å². The van der Waals surface area contributed by atoms with E-state index in [1.165, 1.54) is 19.9 Å². The maximum absolute atomic E-state index is 13.0. The zero-order valence-corrected chi connectivity index (χ0v) is 17.4. The topological polar surface area (TPSA) is 60.5 Å². The number of amides is 1. The number of methoxy groups -OCH3 is 3. The van der Waals surface area contributed by atoms with Crippen molar-refractivity contribution in [2.75, 3.05) is 59.6 Å². The summed E-state index contributed by atoms with van der Waals surface area (Å²) in [6.07, 6.45) is 0. The molecule has 1 amide bonds. The number of anilines is 1. The number of benzene rings is 2. The zero-order valence-electron chi connectivity index (χ0n) is 17.4. The van der Waals surface area contributed by atoms with Crippen LogP contribution in [0.15, 0.2) is 36.4 Å². The number of nitrogens with zero attached hydrogens (tertiary/aromatic N) is 2. The average molecular weight is 400 g/mol. The van der Waals surface area contributed by atoms with Crippen molar-refractivity contribution in [1.82, 2.24) is 4.90 Å². The fraction of sp³-hybridized carbons (Fsp3) is 0.409. The van der Waals surface area contributed by atoms with Gasteiger partial charge >= 0.3 is 0 Å². The zero-order chi connectivity index (χ0) is 20.8. The summed E-state index contributed by atoms with van der Waals surface area (Å²) in [7, 11) is 6.35. The molecule has 0 saturated carbocycles. The Morgan fingerprint density at radius 2 is 1.62 bits per heavy atom. The average Bonchev–Trinajstić information content (AvgIpc) is 2.78. The lowest BCUT2D eigenvalue weighted by Crippen LogP contribution is -2.36. The molecule has 3 rings (SSSR count). The molecule has 0 N–H and O–H groups in total. The molecule has 7 nitrogen and oxygen atoms in total. The van der Waals surface area contributed by atoms with Gasteiger partial charge in [-0.25, -0.2) is 0 Å². The molecule has 2 aromatic carbocycles. The van der Waals surface area contributed by atoms with E-state index in [-0.39, 0.29) is 5.91 Å². The summed E-state index contributed by atoms with van der Waals surface area (Å²) in [6.45, 7) is 3.80. The van der Waals surface area contributed by atoms with Gasteiger partial charge in [-0.3, -0.25) is 4.79 Å². The normalized spacial score (nSPS) is 13.7. The number of hydrogen-bond acceptors (Lipinski definition) is 6. The first-order valence-corrected chi connectivity index (χ1v) is 9.55. The Hall–Kier alpha value is -2.93. The lowest BCUT2D eigenvalue weighted by molar-refractivity contribution is 0.0781. The van der Waals surface area contributed by atoms with E-state index in [1.54, 1.807) is 31.2 Å². The Balaban J connectivity index is 1.73. The van der Waals surface area contributed by atoms with Crippen LogP contribution in [0.1, 0.15) is 15.9 Å². The predicted molar refractivity (Wildman–Crippen MR) is 111 cm³/mol. The minimum atomic E-state index is -0.153. The van der Waals surface area contributed by atoms with Crippen LogP contribution in [-0.2, 0) is 11.3 Å². The number of carbonyl (C=O) groups is 1. The van der Waals surface area contributed by atoms with Gasteiger partial charge < -0.3 is 28.7 Å². The van der Waals surface area contributed by atoms with Crippen molar-refractivity contribution in [3.05, 3.63) is 47.5 Å². The van der Waals surface area contributed by atoms with Crippen LogP contribution < -0.4 is 19.1 Å². The van der Waals surface area contributed by atoms with Crippen molar-refractivity contribution in [2.45, 2.75) is 6.54 Å². The van der Waals surface area contributed by atoms with E-state index in [0.717, 1.165) is 31.9 Å². The molecular weight excluding hydrogens is 372 g/mol. The summed E-state index contributed by atoms with van der Waals surface area (Å²) in [6, 6.07) is 11.7. The highest BCUT2D eigenvalue weighted by atomic mass is 16.5. The van der Waals surface area contributed by atoms with Crippen LogP contribution in [-0.4, -0.2) is 65.5 Å². The smallest absolute Gasteiger partial charge is 0.257 e. The molecule has 1 saturated heterocycles. The van der Waals surface area contributed by atoms with E-state index < -0.39 is 0 Å². The highest BCUT2D eigenvalue weighted by Gasteiger charge is 2.23. The maximum atomic E-state index is 13.0. The molecule has 0 spiro atoms. The molecule has 0 unspecified atom stereocenters. The van der Waals surface area contributed by atoms with Crippen molar-refractivity contribution in [3.63, 3.8) is 0 Å². The molecule has 0 bridgehead atoms. The van der Waals surface area contributed by atoms with Crippen molar-refractivity contribution in [3.8, 4) is 17.2 Å². The summed E-state index contributed by atoms with van der Waals surface area (Å²) in [5.41, 5.74) is 2.66. The van der Waals surface area contributed by atoms with E-state index in [9.17, 15) is 4.79 Å². The summed E-state index contributed by atoms with van der Waals surface area (Å²) in [4.78, 5) is 17.0. The van der Waals surface area contributed by atoms with E-state index in [0.29, 0.717) is 29.4 Å². The molecule has 7 heteroatoms. The Bertz CT molecular complexity index is 832. The van der Waals surface area contributed by atoms with Gasteiger partial charge in [0.15, 0.2) is 11.5 Å². The molecule has 0 radical (unpaired) electrons. The molecule has 1 fully saturated rings. The first kappa shape index (κ1) is 20.8. The van der Waals surface area contributed by atoms with Crippen LogP contribution >= 0.6 is 0 Å². The minimum Gasteiger partial charge on any atom is -0.493 e. The quantitative estimate of drug-likeness (QED) is 0.712. The first-order valence-electron chi connectivity index (χ1n) is 9.55. The molecule has 1 heterocycles. The monoisotopic (exact) mass is 400 g/mol. The second kappa shape index (κ2) is 9.52. The van der Waals surface area contributed by atoms with Gasteiger partial charge in [-0.2, -0.15) is 0 Å². The third-order valence-electron chi connectivity index (χ3n) is 5.01. The SMILES string of the molecule is COc1ccc(C(=O)N(C)Cc2ccc(N3CCOCC3)cc2)c(OC)c1OC. The Morgan fingerprint density at radius 1 is 0.966 bits per heavy atom. The summed E-state index contributed by atoms with van der Waals surface area (Å²) < 4.78 is 21.5. The number of rotatable bonds is 7. The molecule has 1 aliphatic rings. The van der Waals surface area contributed by atoms with Gasteiger partial charge in [0, 0.05) is 32.4 Å². The van der Waals surface area contributed by atoms with Crippen molar-refractivity contribution in [2.24, 2.45) is 0 Å². The first-order chi connectivity index (χ1) is 14.1. The number of hydrogen-bond donors (Lipinski definition) is 0. The Morgan fingerprint density at radius 3 is 2.21 bits per heavy atom. The minimum absolute atomic E-state index is 0.153. The van der Waals surface area contributed by atoms with Gasteiger partial charge in [0.1, 0.15) is 0 Å². The lowest BCUT2D eigenvalue weighted by Gasteiger charge is -2.29. The summed E-state index contributed by atoms with van der Waals surface area (Å²) in [5.74, 6) is 1.14. The Kier molecular flexibility index (Phi) is 6.82. The molecule has 29 heavy (non-hydrogen) atoms. The molecule has 0 aromatic heterocycles. The fourth-order valence-corrected chi connectivity index (χ4v) is 3.45. The van der Waals surface area contributed by atoms with Crippen LogP contribution in [0.5, 0.6) is 17.2 Å². The highest BCUT2D eigenvalue weighted by molar-refractivity contribution is 5.98. The van der Waals surface area contributed by atoms with Crippen molar-refractivity contribution >= 4 is 11.6 Å². The van der Waals surface area contributed by atoms with Gasteiger partial charge in [-0.15, -0.1) is 0 Å². The second-order valence-corrected chi connectivity index (χ2v) is 6.81. The molecule has 0 aliphatic carbocycles. The van der Waals surface area contributed by atoms with Gasteiger partial charge in [-0.1, -0.05) is 12.1 Å². The van der Waals surface area contributed by atoms with Crippen molar-refractivity contribution < 1.29 is 23.7 Å². The number of ether oxygens (including phenoxy) is 4. The van der Waals surface area contributed by atoms with E-state index in [1.807, 2.05) is 0 Å². The van der Waals surface area contributed by atoms with Crippen LogP contribution in [0.4, 0.5) is 5.69 Å². The number of carbonyl (C=O) groups excluding carboxylic acids is 1. The van der Waals surface area contributed by atoms with Gasteiger partial charge in [0.25, 0.3) is 5.91 Å². The summed E-state index contributed by atoms with van der Waals surface area (Å²) >= 11 is 0. The van der Waals surface area contributed by atoms with Crippen molar-refractivity contribution in [1.29, 1.82) is 0 Å². The largest absolute Gasteiger partial charge is 0.493 e. The van der Waals surface area contributed by atoms with Gasteiger partial charge in [-0.05, 0) is 29.8 Å². The Labute approximate surface area is 171 Å². The van der Waals surface area contributed by atoms with Gasteiger partial charge in [0.2, 0.25) is 5.75 Å². The number of morpholine rings is 1. The van der Waals surface area contributed by atoms with E-state index in [2.05, 4.69) is 29.2 Å². The van der Waals surface area contributed by atoms with Crippen LogP contribution in [0, 0.1) is 0 Å². The predicted octanol–water partition coefficient (Wildman–Crippen LogP) is 2.82. The van der Waals surface area contributed by atoms with E-state index >= 15 is 0 Å². The molecule has 0 atom stereocenters. The van der Waals surface area contributed by atoms with Crippen LogP contribution in [0.3, 0.4) is 0 Å². The third kappa shape index (κ3) is 4.56. The highest BCUT2D eigenvalue weighted by Crippen LogP contribution is 2.40. The lowest BCUT2D eigenvalue weighted by atomic mass is 10.1. The molecule has 156 valence electrons. The molecule has 1 aliphatic heterocycles. The second-order valence-electron chi connectivity index (χ2n) is 6.81. The molecular formula is C22H28N2O5. The standard InChI is InChI=1S/C22H28N2O5/c1-23(15-16-5-7-17(8-6-16)24-11-13-29-14-12-24)22(25)18-9-10-19(26-2)21(28-4)20(18)27-3/h5-10H,11-15H2,1-4H3. The summed E-state index contributed by atoms with van der Waals surface area (Å²) in [5, 5.41) is 0. The molecule has 2 aromatic rings. The van der Waals surface area contributed by atoms with E-state index in [4.69, 9.17) is 18.9 Å². The maximum Gasteiger partial charge on any atom is 0.257 e. The third-order valence-corrected chi connectivity index (χ3v) is 5.01. The van der Waals surface area contributed by atoms with Gasteiger partial charge in [0.05, 0.1) is 40.1 Å². The fourth-order valence-electron chi connectivity index (χ4n) is 3.45. The van der Waals surface area contributed by atoms with Crippen LogP contribution in [0.2, 0.25) is 0 Å².